The van der Waals surface area contributed by atoms with E-state index >= 15 is 0 Å². The molecule has 0 heterocycles. The summed E-state index contributed by atoms with van der Waals surface area (Å²) in [4.78, 5) is 0. The molecule has 33 heavy (non-hydrogen) atoms. The molecule has 0 aromatic heterocycles. The highest BCUT2D eigenvalue weighted by Crippen LogP contribution is 2.38. The smallest absolute Gasteiger partial charge is 0.0971 e. The van der Waals surface area contributed by atoms with E-state index in [0.29, 0.717) is 0 Å². The van der Waals surface area contributed by atoms with E-state index in [1.807, 2.05) is 0 Å². The summed E-state index contributed by atoms with van der Waals surface area (Å²) >= 11 is 0. The van der Waals surface area contributed by atoms with Gasteiger partial charge in [0.05, 0.1) is 22.3 Å². The number of hydrogen-bond acceptors (Lipinski definition) is 1. The number of unbranched alkanes of at least 4 members (excludes halogenated alkanes) is 6. The first kappa shape index (κ1) is 30.1. The minimum absolute atomic E-state index is 0.487. The maximum atomic E-state index is 11.8. The van der Waals surface area contributed by atoms with Crippen molar-refractivity contribution in [3.8, 4) is 0 Å². The molecule has 0 amide bonds. The lowest BCUT2D eigenvalue weighted by molar-refractivity contribution is 0.221. The van der Waals surface area contributed by atoms with E-state index in [1.165, 1.54) is 74.1 Å². The predicted octanol–water partition coefficient (Wildman–Crippen LogP) is 9.95. The van der Waals surface area contributed by atoms with E-state index in [1.54, 1.807) is 5.57 Å². The van der Waals surface area contributed by atoms with E-state index in [-0.39, 0.29) is 0 Å². The maximum Gasteiger partial charge on any atom is 0.0971 e. The molecule has 1 aromatic carbocycles. The van der Waals surface area contributed by atoms with Crippen molar-refractivity contribution in [1.82, 2.24) is 0 Å². The molecule has 0 saturated heterocycles. The van der Waals surface area contributed by atoms with Gasteiger partial charge in [-0.15, -0.1) is 0 Å². The van der Waals surface area contributed by atoms with Crippen LogP contribution in [-0.4, -0.2) is 21.3 Å². The average Bonchev–Trinajstić information content (AvgIpc) is 2.71. The molecule has 0 spiro atoms. The highest BCUT2D eigenvalue weighted by atomic mass is 28.3. The Bertz CT molecular complexity index is 745. The highest BCUT2D eigenvalue weighted by molar-refractivity contribution is 6.83. The van der Waals surface area contributed by atoms with Crippen LogP contribution in [0.15, 0.2) is 46.3 Å². The Morgan fingerprint density at radius 2 is 1.30 bits per heavy atom. The molecule has 1 N–H and O–H groups in total. The molecular formula is C30H54OSi2. The Morgan fingerprint density at radius 3 is 1.76 bits per heavy atom. The summed E-state index contributed by atoms with van der Waals surface area (Å²) in [5.41, 5.74) is 8.07. The fraction of sp³-hybridized carbons (Fsp3) is 0.667. The monoisotopic (exact) mass is 486 g/mol. The van der Waals surface area contributed by atoms with Gasteiger partial charge in [0, 0.05) is 0 Å². The number of aliphatic hydroxyl groups is 1. The molecule has 1 unspecified atom stereocenters. The van der Waals surface area contributed by atoms with E-state index in [4.69, 9.17) is 0 Å². The molecule has 0 radical (unpaired) electrons. The largest absolute Gasteiger partial charge is 0.384 e. The molecular weight excluding hydrogens is 433 g/mol. The first-order valence-corrected chi connectivity index (χ1v) is 20.7. The zero-order valence-corrected chi connectivity index (χ0v) is 25.5. The van der Waals surface area contributed by atoms with Crippen LogP contribution >= 0.6 is 0 Å². The molecule has 0 aliphatic carbocycles. The van der Waals surface area contributed by atoms with Gasteiger partial charge < -0.3 is 5.11 Å². The van der Waals surface area contributed by atoms with E-state index in [9.17, 15) is 5.11 Å². The molecule has 1 atom stereocenters. The van der Waals surface area contributed by atoms with Crippen molar-refractivity contribution in [3.63, 3.8) is 0 Å². The molecule has 1 aromatic rings. The lowest BCUT2D eigenvalue weighted by Crippen LogP contribution is -2.31. The van der Waals surface area contributed by atoms with Crippen molar-refractivity contribution in [3.05, 3.63) is 57.4 Å². The number of aryl methyl sites for hydroxylation is 1. The zero-order chi connectivity index (χ0) is 25.1. The Labute approximate surface area is 208 Å². The molecule has 188 valence electrons. The Kier molecular flexibility index (Phi) is 13.2. The van der Waals surface area contributed by atoms with Gasteiger partial charge in [-0.3, -0.25) is 0 Å². The van der Waals surface area contributed by atoms with Crippen molar-refractivity contribution in [2.24, 2.45) is 0 Å². The minimum atomic E-state index is -1.77. The number of hydrogen-bond donors (Lipinski definition) is 1. The quantitative estimate of drug-likeness (QED) is 0.148. The van der Waals surface area contributed by atoms with Gasteiger partial charge in [-0.05, 0) is 48.9 Å². The van der Waals surface area contributed by atoms with Crippen molar-refractivity contribution in [2.45, 2.75) is 130 Å². The van der Waals surface area contributed by atoms with Crippen molar-refractivity contribution < 1.29 is 5.11 Å². The third kappa shape index (κ3) is 11.4. The van der Waals surface area contributed by atoms with Crippen LogP contribution in [0, 0.1) is 6.92 Å². The van der Waals surface area contributed by atoms with Crippen LogP contribution in [0.3, 0.4) is 0 Å². The minimum Gasteiger partial charge on any atom is -0.384 e. The van der Waals surface area contributed by atoms with Crippen molar-refractivity contribution >= 4 is 16.1 Å². The van der Waals surface area contributed by atoms with Gasteiger partial charge in [-0.1, -0.05) is 133 Å². The SMILES string of the molecule is CCCCCCC(=C(\C(O)c1ccc(C)cc1)[Si](C)(C)C)/C(=C/[Si](C)(C)C)CCCCCC. The number of rotatable bonds is 15. The molecule has 0 bridgehead atoms. The number of aliphatic hydroxyl groups excluding tert-OH is 1. The molecule has 3 heteroatoms. The second kappa shape index (κ2) is 14.5. The summed E-state index contributed by atoms with van der Waals surface area (Å²) in [7, 11) is -3.16. The fourth-order valence-corrected chi connectivity index (χ4v) is 8.26. The molecule has 0 saturated carbocycles. The summed E-state index contributed by atoms with van der Waals surface area (Å²) in [6.07, 6.45) is 12.1. The van der Waals surface area contributed by atoms with Crippen LogP contribution < -0.4 is 0 Å². The molecule has 0 aliphatic rings. The Hall–Kier alpha value is -0.906. The van der Waals surface area contributed by atoms with Gasteiger partial charge >= 0.3 is 0 Å². The molecule has 0 fully saturated rings. The third-order valence-corrected chi connectivity index (χ3v) is 9.78. The number of benzene rings is 1. The standard InChI is InChI=1S/C30H54OSi2/c1-10-12-14-16-18-27(24-32(4,5)6)28(19-17-15-13-11-2)30(33(7,8)9)29(31)26-22-20-25(3)21-23-26/h20-24,29,31H,10-19H2,1-9H3/b27-24+,30-28-. The van der Waals surface area contributed by atoms with Gasteiger partial charge in [0.25, 0.3) is 0 Å². The first-order chi connectivity index (χ1) is 15.4. The second-order valence-electron chi connectivity index (χ2n) is 12.1. The van der Waals surface area contributed by atoms with E-state index in [0.717, 1.165) is 12.0 Å². The van der Waals surface area contributed by atoms with Crippen LogP contribution in [0.1, 0.15) is 95.3 Å². The summed E-state index contributed by atoms with van der Waals surface area (Å²) in [5.74, 6) is 0. The van der Waals surface area contributed by atoms with Gasteiger partial charge in [-0.25, -0.2) is 0 Å². The Morgan fingerprint density at radius 1 is 0.788 bits per heavy atom. The maximum absolute atomic E-state index is 11.8. The van der Waals surface area contributed by atoms with Crippen molar-refractivity contribution in [1.29, 1.82) is 0 Å². The lowest BCUT2D eigenvalue weighted by Gasteiger charge is -2.32. The topological polar surface area (TPSA) is 20.2 Å². The van der Waals surface area contributed by atoms with Crippen LogP contribution in [0.25, 0.3) is 0 Å². The third-order valence-electron chi connectivity index (χ3n) is 6.37. The summed E-state index contributed by atoms with van der Waals surface area (Å²) in [6.45, 7) is 21.3. The zero-order valence-electron chi connectivity index (χ0n) is 23.5. The average molecular weight is 487 g/mol. The highest BCUT2D eigenvalue weighted by Gasteiger charge is 2.31. The van der Waals surface area contributed by atoms with Crippen LogP contribution in [0.2, 0.25) is 39.3 Å². The van der Waals surface area contributed by atoms with Gasteiger partial charge in [0.2, 0.25) is 0 Å². The predicted molar refractivity (Wildman–Crippen MR) is 155 cm³/mol. The summed E-state index contributed by atoms with van der Waals surface area (Å²) in [6, 6.07) is 8.56. The van der Waals surface area contributed by atoms with Crippen molar-refractivity contribution in [2.75, 3.05) is 0 Å². The van der Waals surface area contributed by atoms with Crippen LogP contribution in [-0.2, 0) is 0 Å². The number of allylic oxidation sites excluding steroid dienone is 2. The molecule has 1 nitrogen and oxygen atoms in total. The normalized spacial score (nSPS) is 14.9. The summed E-state index contributed by atoms with van der Waals surface area (Å²) in [5, 5.41) is 13.2. The van der Waals surface area contributed by atoms with Gasteiger partial charge in [0.1, 0.15) is 0 Å². The lowest BCUT2D eigenvalue weighted by atomic mass is 9.93. The first-order valence-electron chi connectivity index (χ1n) is 13.6. The van der Waals surface area contributed by atoms with Gasteiger partial charge in [-0.2, -0.15) is 0 Å². The van der Waals surface area contributed by atoms with Crippen LogP contribution in [0.4, 0.5) is 0 Å². The van der Waals surface area contributed by atoms with Crippen LogP contribution in [0.5, 0.6) is 0 Å². The Balaban J connectivity index is 3.61. The molecule has 0 aliphatic heterocycles. The second-order valence-corrected chi connectivity index (χ2v) is 22.2. The van der Waals surface area contributed by atoms with E-state index < -0.39 is 22.3 Å². The van der Waals surface area contributed by atoms with E-state index in [2.05, 4.69) is 90.0 Å². The fourth-order valence-electron chi connectivity index (χ4n) is 4.72. The summed E-state index contributed by atoms with van der Waals surface area (Å²) < 4.78 is 0. The molecule has 1 rings (SSSR count). The van der Waals surface area contributed by atoms with Gasteiger partial charge in [0.15, 0.2) is 0 Å².